The van der Waals surface area contributed by atoms with Gasteiger partial charge in [0.2, 0.25) is 5.91 Å². The molecule has 0 spiro atoms. The summed E-state index contributed by atoms with van der Waals surface area (Å²) in [7, 11) is 0. The first-order valence-corrected chi connectivity index (χ1v) is 10.8. The lowest BCUT2D eigenvalue weighted by atomic mass is 10.1. The largest absolute Gasteiger partial charge is 0.332 e. The van der Waals surface area contributed by atoms with E-state index < -0.39 is 11.6 Å². The number of hydrogen-bond donors (Lipinski definition) is 1. The number of benzene rings is 2. The van der Waals surface area contributed by atoms with Crippen LogP contribution in [0.2, 0.25) is 0 Å². The average Bonchev–Trinajstić information content (AvgIpc) is 3.27. The Morgan fingerprint density at radius 3 is 2.47 bits per heavy atom. The van der Waals surface area contributed by atoms with E-state index in [1.165, 1.54) is 20.5 Å². The molecular weight excluding hydrogens is 424 g/mol. The van der Waals surface area contributed by atoms with Crippen molar-refractivity contribution in [1.29, 1.82) is 5.26 Å². The molecular formula is C24H20N4O3S. The summed E-state index contributed by atoms with van der Waals surface area (Å²) >= 11 is 1.25. The second-order valence-electron chi connectivity index (χ2n) is 7.55. The Labute approximate surface area is 187 Å². The molecule has 0 fully saturated rings. The normalized spacial score (nSPS) is 10.8. The van der Waals surface area contributed by atoms with E-state index in [2.05, 4.69) is 5.32 Å². The van der Waals surface area contributed by atoms with E-state index in [1.807, 2.05) is 38.1 Å². The summed E-state index contributed by atoms with van der Waals surface area (Å²) in [5.74, 6) is -0.402. The van der Waals surface area contributed by atoms with E-state index in [-0.39, 0.29) is 18.6 Å². The Hall–Kier alpha value is -3.96. The third-order valence-corrected chi connectivity index (χ3v) is 6.24. The van der Waals surface area contributed by atoms with Crippen LogP contribution in [-0.4, -0.2) is 15.0 Å². The number of aryl methyl sites for hydroxylation is 2. The van der Waals surface area contributed by atoms with Crippen molar-refractivity contribution in [2.24, 2.45) is 0 Å². The first-order chi connectivity index (χ1) is 15.4. The maximum Gasteiger partial charge on any atom is 0.332 e. The van der Waals surface area contributed by atoms with Crippen LogP contribution in [0.5, 0.6) is 0 Å². The van der Waals surface area contributed by atoms with Crippen LogP contribution in [0.1, 0.15) is 22.3 Å². The minimum absolute atomic E-state index is 0.129. The van der Waals surface area contributed by atoms with Crippen molar-refractivity contribution in [2.45, 2.75) is 26.9 Å². The number of fused-ring (bicyclic) bond motifs is 1. The minimum atomic E-state index is -0.533. The number of carbonyl (C=O) groups excluding carboxylic acids is 1. The summed E-state index contributed by atoms with van der Waals surface area (Å²) in [4.78, 5) is 38.9. The molecule has 32 heavy (non-hydrogen) atoms. The topological polar surface area (TPSA) is 96.9 Å². The number of nitrogens with one attached hydrogen (secondary N) is 1. The van der Waals surface area contributed by atoms with E-state index in [9.17, 15) is 14.4 Å². The Bertz CT molecular complexity index is 1490. The molecule has 1 amide bonds. The van der Waals surface area contributed by atoms with Crippen LogP contribution < -0.4 is 16.6 Å². The Balaban J connectivity index is 1.69. The van der Waals surface area contributed by atoms with Gasteiger partial charge in [0.1, 0.15) is 11.2 Å². The number of rotatable bonds is 5. The third-order valence-electron chi connectivity index (χ3n) is 5.35. The van der Waals surface area contributed by atoms with Gasteiger partial charge in [-0.3, -0.25) is 18.7 Å². The summed E-state index contributed by atoms with van der Waals surface area (Å²) < 4.78 is 2.94. The van der Waals surface area contributed by atoms with Crippen molar-refractivity contribution < 1.29 is 4.79 Å². The molecule has 2 aromatic carbocycles. The summed E-state index contributed by atoms with van der Waals surface area (Å²) in [6.07, 6.45) is 0. The maximum atomic E-state index is 13.2. The molecule has 0 atom stereocenters. The highest BCUT2D eigenvalue weighted by Crippen LogP contribution is 2.17. The van der Waals surface area contributed by atoms with Crippen molar-refractivity contribution in [3.63, 3.8) is 0 Å². The monoisotopic (exact) mass is 444 g/mol. The van der Waals surface area contributed by atoms with E-state index in [4.69, 9.17) is 5.26 Å². The SMILES string of the molecule is Cc1ccc(Cn2c(=O)c3sccc3n(CC(=O)Nc3ccc(C#N)cc3)c2=O)cc1C. The predicted octanol–water partition coefficient (Wildman–Crippen LogP) is 3.40. The zero-order valence-corrected chi connectivity index (χ0v) is 18.4. The zero-order valence-electron chi connectivity index (χ0n) is 17.6. The Morgan fingerprint density at radius 1 is 1.03 bits per heavy atom. The van der Waals surface area contributed by atoms with Gasteiger partial charge in [-0.1, -0.05) is 18.2 Å². The van der Waals surface area contributed by atoms with Gasteiger partial charge < -0.3 is 5.32 Å². The molecule has 160 valence electrons. The number of amides is 1. The molecule has 4 rings (SSSR count). The van der Waals surface area contributed by atoms with Gasteiger partial charge in [0, 0.05) is 5.69 Å². The van der Waals surface area contributed by atoms with Gasteiger partial charge in [-0.25, -0.2) is 4.79 Å². The van der Waals surface area contributed by atoms with Crippen LogP contribution in [0, 0.1) is 25.2 Å². The zero-order chi connectivity index (χ0) is 22.8. The Kier molecular flexibility index (Phi) is 5.75. The fourth-order valence-electron chi connectivity index (χ4n) is 3.48. The van der Waals surface area contributed by atoms with Crippen LogP contribution >= 0.6 is 11.3 Å². The van der Waals surface area contributed by atoms with E-state index in [0.29, 0.717) is 21.5 Å². The van der Waals surface area contributed by atoms with Gasteiger partial charge in [-0.2, -0.15) is 5.26 Å². The highest BCUT2D eigenvalue weighted by molar-refractivity contribution is 7.17. The number of carbonyl (C=O) groups is 1. The van der Waals surface area contributed by atoms with Crippen LogP contribution in [0.25, 0.3) is 10.2 Å². The fraction of sp³-hybridized carbons (Fsp3) is 0.167. The molecule has 0 saturated heterocycles. The van der Waals surface area contributed by atoms with Gasteiger partial charge in [0.25, 0.3) is 5.56 Å². The van der Waals surface area contributed by atoms with Crippen molar-refractivity contribution in [2.75, 3.05) is 5.32 Å². The third kappa shape index (κ3) is 4.11. The Morgan fingerprint density at radius 2 is 1.78 bits per heavy atom. The molecule has 0 radical (unpaired) electrons. The molecule has 0 unspecified atom stereocenters. The average molecular weight is 445 g/mol. The first-order valence-electron chi connectivity index (χ1n) is 9.94. The van der Waals surface area contributed by atoms with Gasteiger partial charge in [-0.05, 0) is 66.2 Å². The molecule has 2 aromatic heterocycles. The molecule has 1 N–H and O–H groups in total. The van der Waals surface area contributed by atoms with Crippen LogP contribution in [0.15, 0.2) is 63.5 Å². The molecule has 0 aliphatic heterocycles. The summed E-state index contributed by atoms with van der Waals surface area (Å²) in [5, 5.41) is 13.4. The summed E-state index contributed by atoms with van der Waals surface area (Å²) in [6.45, 7) is 3.88. The van der Waals surface area contributed by atoms with Crippen molar-refractivity contribution >= 4 is 33.1 Å². The molecule has 0 aliphatic rings. The van der Waals surface area contributed by atoms with Gasteiger partial charge in [0.15, 0.2) is 0 Å². The second kappa shape index (κ2) is 8.65. The predicted molar refractivity (Wildman–Crippen MR) is 125 cm³/mol. The van der Waals surface area contributed by atoms with Gasteiger partial charge in [-0.15, -0.1) is 11.3 Å². The fourth-order valence-corrected chi connectivity index (χ4v) is 4.33. The van der Waals surface area contributed by atoms with Gasteiger partial charge in [0.05, 0.1) is 23.7 Å². The quantitative estimate of drug-likeness (QED) is 0.510. The lowest BCUT2D eigenvalue weighted by Crippen LogP contribution is -2.41. The summed E-state index contributed by atoms with van der Waals surface area (Å²) in [6, 6.07) is 16.0. The molecule has 8 heteroatoms. The number of nitrogens with zero attached hydrogens (tertiary/aromatic N) is 3. The summed E-state index contributed by atoms with van der Waals surface area (Å²) in [5.41, 5.74) is 3.61. The van der Waals surface area contributed by atoms with E-state index >= 15 is 0 Å². The standard InChI is InChI=1S/C24H20N4O3S/c1-15-3-4-18(11-16(15)2)13-28-23(30)22-20(9-10-32-22)27(24(28)31)14-21(29)26-19-7-5-17(12-25)6-8-19/h3-11H,13-14H2,1-2H3,(H,26,29). The van der Waals surface area contributed by atoms with E-state index in [0.717, 1.165) is 16.7 Å². The van der Waals surface area contributed by atoms with Crippen molar-refractivity contribution in [3.8, 4) is 6.07 Å². The van der Waals surface area contributed by atoms with Crippen molar-refractivity contribution in [3.05, 3.63) is 97.0 Å². The lowest BCUT2D eigenvalue weighted by molar-refractivity contribution is -0.116. The smallest absolute Gasteiger partial charge is 0.325 e. The van der Waals surface area contributed by atoms with E-state index in [1.54, 1.807) is 35.7 Å². The van der Waals surface area contributed by atoms with Gasteiger partial charge >= 0.3 is 5.69 Å². The molecule has 4 aromatic rings. The first kappa shape index (κ1) is 21.3. The highest BCUT2D eigenvalue weighted by Gasteiger charge is 2.17. The minimum Gasteiger partial charge on any atom is -0.325 e. The maximum absolute atomic E-state index is 13.2. The molecule has 2 heterocycles. The number of anilines is 1. The second-order valence-corrected chi connectivity index (χ2v) is 8.47. The lowest BCUT2D eigenvalue weighted by Gasteiger charge is -2.13. The van der Waals surface area contributed by atoms with Crippen LogP contribution in [0.4, 0.5) is 5.69 Å². The number of nitriles is 1. The number of aromatic nitrogens is 2. The molecule has 0 aliphatic carbocycles. The molecule has 7 nitrogen and oxygen atoms in total. The molecule has 0 saturated carbocycles. The highest BCUT2D eigenvalue weighted by atomic mass is 32.1. The molecule has 0 bridgehead atoms. The van der Waals surface area contributed by atoms with Crippen LogP contribution in [-0.2, 0) is 17.9 Å². The number of thiophene rings is 1. The van der Waals surface area contributed by atoms with Crippen LogP contribution in [0.3, 0.4) is 0 Å². The number of hydrogen-bond acceptors (Lipinski definition) is 5. The van der Waals surface area contributed by atoms with Crippen molar-refractivity contribution in [1.82, 2.24) is 9.13 Å².